The molecule has 0 bridgehead atoms. The molecule has 0 radical (unpaired) electrons. The predicted octanol–water partition coefficient (Wildman–Crippen LogP) is 5.50. The highest BCUT2D eigenvalue weighted by Crippen LogP contribution is 2.22. The number of nitrogens with zero attached hydrogens (tertiary/aromatic N) is 4. The van der Waals surface area contributed by atoms with Crippen LogP contribution in [0.25, 0.3) is 11.3 Å². The quantitative estimate of drug-likeness (QED) is 0.418. The molecule has 1 N–H and O–H groups in total. The minimum absolute atomic E-state index is 0.0558. The smallest absolute Gasteiger partial charge is 0.253 e. The maximum atomic E-state index is 13.0. The number of hydrogen-bond donors (Lipinski definition) is 1. The molecular weight excluding hydrogens is 446 g/mol. The van der Waals surface area contributed by atoms with Crippen LogP contribution in [0.4, 0.5) is 17.3 Å². The molecule has 0 atom stereocenters. The number of rotatable bonds is 5. The number of piperazine rings is 1. The second-order valence-electron chi connectivity index (χ2n) is 8.09. The minimum atomic E-state index is 0.0558. The molecule has 5 rings (SSSR count). The molecule has 0 aliphatic carbocycles. The van der Waals surface area contributed by atoms with Gasteiger partial charge in [-0.2, -0.15) is 0 Å². The number of hydrogen-bond acceptors (Lipinski definition) is 5. The van der Waals surface area contributed by atoms with Gasteiger partial charge in [0.05, 0.1) is 5.69 Å². The Labute approximate surface area is 203 Å². The number of carbonyl (C=O) groups excluding carboxylic acids is 1. The van der Waals surface area contributed by atoms with Crippen molar-refractivity contribution in [1.29, 1.82) is 0 Å². The fourth-order valence-corrected chi connectivity index (χ4v) is 4.14. The third kappa shape index (κ3) is 5.02. The minimum Gasteiger partial charge on any atom is -0.368 e. The third-order valence-corrected chi connectivity index (χ3v) is 6.12. The average molecular weight is 470 g/mol. The molecule has 0 saturated carbocycles. The molecule has 0 spiro atoms. The third-order valence-electron chi connectivity index (χ3n) is 5.87. The van der Waals surface area contributed by atoms with Gasteiger partial charge in [-0.15, -0.1) is 0 Å². The lowest BCUT2D eigenvalue weighted by molar-refractivity contribution is 0.0747. The lowest BCUT2D eigenvalue weighted by atomic mass is 10.1. The van der Waals surface area contributed by atoms with Crippen LogP contribution in [0.15, 0.2) is 91.1 Å². The van der Waals surface area contributed by atoms with Gasteiger partial charge in [0.15, 0.2) is 0 Å². The Hall–Kier alpha value is -3.90. The van der Waals surface area contributed by atoms with Crippen molar-refractivity contribution < 1.29 is 4.79 Å². The second-order valence-corrected chi connectivity index (χ2v) is 8.53. The van der Waals surface area contributed by atoms with Crippen LogP contribution < -0.4 is 10.2 Å². The number of aromatic nitrogens is 2. The van der Waals surface area contributed by atoms with Crippen molar-refractivity contribution in [2.45, 2.75) is 0 Å². The fourth-order valence-electron chi connectivity index (χ4n) is 4.01. The van der Waals surface area contributed by atoms with E-state index in [-0.39, 0.29) is 5.91 Å². The van der Waals surface area contributed by atoms with E-state index in [0.29, 0.717) is 29.6 Å². The number of carbonyl (C=O) groups is 1. The summed E-state index contributed by atoms with van der Waals surface area (Å²) in [6.07, 6.45) is 1.71. The highest BCUT2D eigenvalue weighted by molar-refractivity contribution is 6.30. The Kier molecular flexibility index (Phi) is 6.40. The van der Waals surface area contributed by atoms with E-state index in [0.717, 1.165) is 30.0 Å². The summed E-state index contributed by atoms with van der Waals surface area (Å²) >= 11 is 5.98. The summed E-state index contributed by atoms with van der Waals surface area (Å²) in [5, 5.41) is 3.90. The lowest BCUT2D eigenvalue weighted by Crippen LogP contribution is -2.48. The Morgan fingerprint density at radius 1 is 0.824 bits per heavy atom. The van der Waals surface area contributed by atoms with E-state index < -0.39 is 0 Å². The maximum absolute atomic E-state index is 13.0. The van der Waals surface area contributed by atoms with Gasteiger partial charge in [-0.3, -0.25) is 4.79 Å². The Bertz CT molecular complexity index is 1250. The predicted molar refractivity (Wildman–Crippen MR) is 137 cm³/mol. The second kappa shape index (κ2) is 9.93. The highest BCUT2D eigenvalue weighted by Gasteiger charge is 2.22. The van der Waals surface area contributed by atoms with Crippen molar-refractivity contribution in [2.75, 3.05) is 36.4 Å². The van der Waals surface area contributed by atoms with Gasteiger partial charge >= 0.3 is 0 Å². The molecular formula is C27H24ClN5O. The molecule has 1 aromatic heterocycles. The van der Waals surface area contributed by atoms with E-state index in [4.69, 9.17) is 11.6 Å². The van der Waals surface area contributed by atoms with Crippen molar-refractivity contribution in [2.24, 2.45) is 0 Å². The van der Waals surface area contributed by atoms with Crippen LogP contribution in [0.3, 0.4) is 0 Å². The maximum Gasteiger partial charge on any atom is 0.253 e. The van der Waals surface area contributed by atoms with E-state index in [1.165, 1.54) is 5.69 Å². The van der Waals surface area contributed by atoms with E-state index in [1.807, 2.05) is 77.7 Å². The molecule has 3 aromatic carbocycles. The standard InChI is InChI=1S/C27H24ClN5O/c28-22-10-6-20(7-11-22)25-14-15-29-27(31-25)30-23-12-8-21(9-13-23)26(34)33-18-16-32(17-19-33)24-4-2-1-3-5-24/h1-15H,16-19H2,(H,29,30,31). The van der Waals surface area contributed by atoms with E-state index in [9.17, 15) is 4.79 Å². The molecule has 2 heterocycles. The fraction of sp³-hybridized carbons (Fsp3) is 0.148. The average Bonchev–Trinajstić information content (AvgIpc) is 2.90. The molecule has 1 fully saturated rings. The summed E-state index contributed by atoms with van der Waals surface area (Å²) in [7, 11) is 0. The van der Waals surface area contributed by atoms with Gasteiger partial charge in [0.1, 0.15) is 0 Å². The van der Waals surface area contributed by atoms with Gasteiger partial charge in [0, 0.05) is 59.9 Å². The summed E-state index contributed by atoms with van der Waals surface area (Å²) in [6.45, 7) is 3.07. The van der Waals surface area contributed by atoms with E-state index in [1.54, 1.807) is 6.20 Å². The van der Waals surface area contributed by atoms with Crippen LogP contribution >= 0.6 is 11.6 Å². The van der Waals surface area contributed by atoms with Crippen molar-refractivity contribution in [3.63, 3.8) is 0 Å². The van der Waals surface area contributed by atoms with Gasteiger partial charge in [-0.1, -0.05) is 41.9 Å². The molecule has 1 aliphatic rings. The number of para-hydroxylation sites is 1. The first kappa shape index (κ1) is 21.9. The van der Waals surface area contributed by atoms with Crippen LogP contribution in [0, 0.1) is 0 Å². The van der Waals surface area contributed by atoms with E-state index in [2.05, 4.69) is 32.3 Å². The molecule has 1 amide bonds. The SMILES string of the molecule is O=C(c1ccc(Nc2nccc(-c3ccc(Cl)cc3)n2)cc1)N1CCN(c2ccccc2)CC1. The summed E-state index contributed by atoms with van der Waals surface area (Å²) in [5.74, 6) is 0.545. The van der Waals surface area contributed by atoms with E-state index >= 15 is 0 Å². The van der Waals surface area contributed by atoms with Gasteiger partial charge < -0.3 is 15.1 Å². The molecule has 34 heavy (non-hydrogen) atoms. The number of nitrogens with one attached hydrogen (secondary N) is 1. The van der Waals surface area contributed by atoms with Crippen LogP contribution in [0.2, 0.25) is 5.02 Å². The van der Waals surface area contributed by atoms with Gasteiger partial charge in [-0.05, 0) is 54.6 Å². The zero-order valence-electron chi connectivity index (χ0n) is 18.6. The Morgan fingerprint density at radius 2 is 1.53 bits per heavy atom. The molecule has 0 unspecified atom stereocenters. The number of anilines is 3. The zero-order valence-corrected chi connectivity index (χ0v) is 19.3. The van der Waals surface area contributed by atoms with Gasteiger partial charge in [-0.25, -0.2) is 9.97 Å². The molecule has 1 aliphatic heterocycles. The normalized spacial score (nSPS) is 13.6. The monoisotopic (exact) mass is 469 g/mol. The first-order valence-electron chi connectivity index (χ1n) is 11.2. The Balaban J connectivity index is 1.21. The number of benzene rings is 3. The molecule has 1 saturated heterocycles. The van der Waals surface area contributed by atoms with Crippen LogP contribution in [-0.4, -0.2) is 47.0 Å². The molecule has 6 nitrogen and oxygen atoms in total. The number of amides is 1. The highest BCUT2D eigenvalue weighted by atomic mass is 35.5. The van der Waals surface area contributed by atoms with Crippen LogP contribution in [0.5, 0.6) is 0 Å². The largest absolute Gasteiger partial charge is 0.368 e. The summed E-state index contributed by atoms with van der Waals surface area (Å²) in [4.78, 5) is 26.1. The molecule has 4 aromatic rings. The van der Waals surface area contributed by atoms with Gasteiger partial charge in [0.25, 0.3) is 5.91 Å². The van der Waals surface area contributed by atoms with Crippen LogP contribution in [-0.2, 0) is 0 Å². The summed E-state index contributed by atoms with van der Waals surface area (Å²) in [6, 6.07) is 27.2. The summed E-state index contributed by atoms with van der Waals surface area (Å²) in [5.41, 5.74) is 4.46. The lowest BCUT2D eigenvalue weighted by Gasteiger charge is -2.36. The zero-order chi connectivity index (χ0) is 23.3. The van der Waals surface area contributed by atoms with Crippen LogP contribution in [0.1, 0.15) is 10.4 Å². The number of halogens is 1. The topological polar surface area (TPSA) is 61.4 Å². The first-order valence-corrected chi connectivity index (χ1v) is 11.6. The first-order chi connectivity index (χ1) is 16.7. The Morgan fingerprint density at radius 3 is 2.24 bits per heavy atom. The molecule has 7 heteroatoms. The van der Waals surface area contributed by atoms with Crippen molar-refractivity contribution in [1.82, 2.24) is 14.9 Å². The summed E-state index contributed by atoms with van der Waals surface area (Å²) < 4.78 is 0. The van der Waals surface area contributed by atoms with Crippen molar-refractivity contribution in [3.05, 3.63) is 102 Å². The van der Waals surface area contributed by atoms with Gasteiger partial charge in [0.2, 0.25) is 5.95 Å². The van der Waals surface area contributed by atoms with Crippen molar-refractivity contribution >= 4 is 34.8 Å². The molecule has 170 valence electrons. The van der Waals surface area contributed by atoms with Crippen molar-refractivity contribution in [3.8, 4) is 11.3 Å².